The van der Waals surface area contributed by atoms with Crippen LogP contribution in [-0.2, 0) is 6.18 Å². The fourth-order valence-electron chi connectivity index (χ4n) is 7.37. The first-order valence-electron chi connectivity index (χ1n) is 14.5. The number of fused-ring (bicyclic) bond motifs is 3. The van der Waals surface area contributed by atoms with Crippen molar-refractivity contribution in [3.8, 4) is 23.0 Å². The minimum atomic E-state index is -4.88. The lowest BCUT2D eigenvalue weighted by molar-refractivity contribution is -0.137. The van der Waals surface area contributed by atoms with E-state index in [1.807, 2.05) is 4.90 Å². The van der Waals surface area contributed by atoms with Gasteiger partial charge < -0.3 is 20.1 Å². The van der Waals surface area contributed by atoms with E-state index >= 15 is 4.39 Å². The van der Waals surface area contributed by atoms with E-state index in [-0.39, 0.29) is 58.3 Å². The molecule has 7 rings (SSSR count). The number of nitrogens with zero attached hydrogens (tertiary/aromatic N) is 5. The Morgan fingerprint density at radius 1 is 1.19 bits per heavy atom. The van der Waals surface area contributed by atoms with Gasteiger partial charge in [0.15, 0.2) is 11.6 Å². The number of benzene rings is 1. The first kappa shape index (κ1) is 28.6. The molecule has 8 nitrogen and oxygen atoms in total. The van der Waals surface area contributed by atoms with Crippen molar-refractivity contribution in [2.75, 3.05) is 43.5 Å². The predicted octanol–water partition coefficient (Wildman–Crippen LogP) is 6.10. The van der Waals surface area contributed by atoms with Crippen molar-refractivity contribution in [3.05, 3.63) is 28.0 Å². The number of halogens is 6. The van der Waals surface area contributed by atoms with Gasteiger partial charge >= 0.3 is 12.2 Å². The Hall–Kier alpha value is -3.19. The zero-order valence-corrected chi connectivity index (χ0v) is 24.2. The highest BCUT2D eigenvalue weighted by molar-refractivity contribution is 6.36. The average molecular weight is 625 g/mol. The molecule has 4 aliphatic rings. The minimum Gasteiger partial charge on any atom is -0.489 e. The van der Waals surface area contributed by atoms with E-state index < -0.39 is 40.5 Å². The number of hydrogen-bond donors (Lipinski definition) is 1. The number of rotatable bonds is 4. The van der Waals surface area contributed by atoms with Crippen molar-refractivity contribution in [2.24, 2.45) is 0 Å². The van der Waals surface area contributed by atoms with Crippen LogP contribution in [0, 0.1) is 12.7 Å². The van der Waals surface area contributed by atoms with Crippen LogP contribution in [0.5, 0.6) is 11.8 Å². The molecule has 3 fully saturated rings. The number of ether oxygens (including phenoxy) is 2. The lowest BCUT2D eigenvalue weighted by Gasteiger charge is -2.35. The van der Waals surface area contributed by atoms with E-state index in [0.717, 1.165) is 44.7 Å². The van der Waals surface area contributed by atoms with Gasteiger partial charge in [-0.2, -0.15) is 23.1 Å². The Morgan fingerprint density at radius 3 is 2.79 bits per heavy atom. The molecule has 0 amide bonds. The van der Waals surface area contributed by atoms with Crippen molar-refractivity contribution >= 4 is 34.1 Å². The largest absolute Gasteiger partial charge is 0.489 e. The van der Waals surface area contributed by atoms with E-state index in [4.69, 9.17) is 31.8 Å². The summed E-state index contributed by atoms with van der Waals surface area (Å²) >= 11 is 6.73. The van der Waals surface area contributed by atoms with Gasteiger partial charge in [-0.25, -0.2) is 13.8 Å². The van der Waals surface area contributed by atoms with Crippen LogP contribution >= 0.6 is 11.6 Å². The number of hydrogen-bond acceptors (Lipinski definition) is 8. The van der Waals surface area contributed by atoms with Crippen molar-refractivity contribution in [2.45, 2.75) is 69.4 Å². The molecular weight excluding hydrogens is 595 g/mol. The SMILES string of the molecule is Cc1cc(N)nc(-c2c(Cl)c3c4c(nc(OC[C@@]56CCCN5C[C@H](F)C6)nc4c2F)N2CCCC[C@H]2CO3)c1C(F)(F)F. The second-order valence-corrected chi connectivity index (χ2v) is 12.4. The van der Waals surface area contributed by atoms with Gasteiger partial charge in [-0.3, -0.25) is 4.90 Å². The maximum atomic E-state index is 16.7. The third-order valence-electron chi connectivity index (χ3n) is 9.25. The number of pyridine rings is 1. The van der Waals surface area contributed by atoms with Crippen LogP contribution in [0.15, 0.2) is 6.07 Å². The van der Waals surface area contributed by atoms with Crippen LogP contribution < -0.4 is 20.1 Å². The molecule has 0 bridgehead atoms. The summed E-state index contributed by atoms with van der Waals surface area (Å²) in [5, 5.41) is -0.214. The lowest BCUT2D eigenvalue weighted by atomic mass is 9.95. The number of alkyl halides is 4. The van der Waals surface area contributed by atoms with Gasteiger partial charge in [0.2, 0.25) is 0 Å². The van der Waals surface area contributed by atoms with E-state index in [9.17, 15) is 17.6 Å². The van der Waals surface area contributed by atoms with E-state index in [0.29, 0.717) is 25.3 Å². The van der Waals surface area contributed by atoms with Crippen LogP contribution in [0.3, 0.4) is 0 Å². The Bertz CT molecular complexity index is 1620. The average Bonchev–Trinajstić information content (AvgIpc) is 3.40. The Morgan fingerprint density at radius 2 is 2.00 bits per heavy atom. The Balaban J connectivity index is 1.44. The van der Waals surface area contributed by atoms with Gasteiger partial charge in [0.1, 0.15) is 36.5 Å². The summed E-state index contributed by atoms with van der Waals surface area (Å²) in [6, 6.07) is 0.799. The van der Waals surface area contributed by atoms with E-state index in [1.54, 1.807) is 0 Å². The smallest absolute Gasteiger partial charge is 0.418 e. The molecule has 1 aromatic carbocycles. The van der Waals surface area contributed by atoms with Gasteiger partial charge in [0.25, 0.3) is 0 Å². The highest BCUT2D eigenvalue weighted by Gasteiger charge is 2.49. The molecule has 0 spiro atoms. The van der Waals surface area contributed by atoms with Crippen molar-refractivity contribution in [3.63, 3.8) is 0 Å². The van der Waals surface area contributed by atoms with Crippen LogP contribution in [0.25, 0.3) is 22.2 Å². The van der Waals surface area contributed by atoms with E-state index in [1.165, 1.54) is 6.92 Å². The summed E-state index contributed by atoms with van der Waals surface area (Å²) in [5.74, 6) is -1.02. The maximum absolute atomic E-state index is 16.7. The number of nitrogen functional groups attached to an aromatic ring is 1. The third-order valence-corrected chi connectivity index (χ3v) is 9.61. The van der Waals surface area contributed by atoms with Crippen LogP contribution in [-0.4, -0.2) is 70.5 Å². The van der Waals surface area contributed by atoms with Crippen molar-refractivity contribution in [1.29, 1.82) is 0 Å². The summed E-state index contributed by atoms with van der Waals surface area (Å²) in [6.07, 6.45) is -1.32. The predicted molar refractivity (Wildman–Crippen MR) is 151 cm³/mol. The van der Waals surface area contributed by atoms with Crippen LogP contribution in [0.2, 0.25) is 5.02 Å². The molecule has 2 N–H and O–H groups in total. The van der Waals surface area contributed by atoms with Gasteiger partial charge in [0.05, 0.1) is 38.8 Å². The molecule has 230 valence electrons. The fraction of sp³-hybridized carbons (Fsp3) is 0.552. The molecule has 0 radical (unpaired) electrons. The number of anilines is 2. The number of aryl methyl sites for hydroxylation is 1. The standard InChI is InChI=1S/C29H30ClF5N6O2/c1-14-9-17(36)37-23(20(14)29(33,34)35)18-21(30)25-19-24(22(18)32)38-27(39-26(19)41-8-3-2-5-16(41)12-42-25)43-13-28-6-4-7-40(28)11-15(31)10-28/h9,15-16H,2-8,10-13H2,1H3,(H2,36,37)/t15-,16+,28+/m1/s1. The fourth-order valence-corrected chi connectivity index (χ4v) is 7.69. The van der Waals surface area contributed by atoms with E-state index in [2.05, 4.69) is 14.9 Å². The molecule has 0 aliphatic carbocycles. The molecule has 3 atom stereocenters. The molecule has 43 heavy (non-hydrogen) atoms. The summed E-state index contributed by atoms with van der Waals surface area (Å²) in [5.41, 5.74) is 2.28. The zero-order valence-electron chi connectivity index (χ0n) is 23.4. The quantitative estimate of drug-likeness (QED) is 0.349. The molecule has 3 saturated heterocycles. The second kappa shape index (κ2) is 10.2. The first-order chi connectivity index (χ1) is 20.5. The molecule has 0 unspecified atom stereocenters. The Kier molecular flexibility index (Phi) is 6.77. The molecule has 3 aromatic rings. The monoisotopic (exact) mass is 624 g/mol. The van der Waals surface area contributed by atoms with Crippen molar-refractivity contribution < 1.29 is 31.4 Å². The summed E-state index contributed by atoms with van der Waals surface area (Å²) in [6.45, 7) is 3.18. The topological polar surface area (TPSA) is 89.6 Å². The lowest BCUT2D eigenvalue weighted by Crippen LogP contribution is -2.44. The number of aromatic nitrogens is 3. The summed E-state index contributed by atoms with van der Waals surface area (Å²) < 4.78 is 86.3. The van der Waals surface area contributed by atoms with Crippen molar-refractivity contribution in [1.82, 2.24) is 19.9 Å². The molecule has 2 aromatic heterocycles. The third kappa shape index (κ3) is 4.61. The molecule has 4 aliphatic heterocycles. The Labute approximate surface area is 249 Å². The van der Waals surface area contributed by atoms with Crippen LogP contribution in [0.4, 0.5) is 33.6 Å². The maximum Gasteiger partial charge on any atom is 0.418 e. The second-order valence-electron chi connectivity index (χ2n) is 12.0. The van der Waals surface area contributed by atoms with Gasteiger partial charge in [-0.05, 0) is 57.2 Å². The molecular formula is C29H30ClF5N6O2. The first-order valence-corrected chi connectivity index (χ1v) is 14.8. The normalized spacial score (nSPS) is 25.4. The van der Waals surface area contributed by atoms with Gasteiger partial charge in [-0.1, -0.05) is 11.6 Å². The molecule has 14 heteroatoms. The number of piperidine rings is 1. The zero-order chi connectivity index (χ0) is 30.3. The highest BCUT2D eigenvalue weighted by Crippen LogP contribution is 2.51. The molecule has 6 heterocycles. The minimum absolute atomic E-state index is 0.0179. The summed E-state index contributed by atoms with van der Waals surface area (Å²) in [4.78, 5) is 17.1. The highest BCUT2D eigenvalue weighted by atomic mass is 35.5. The number of nitrogens with two attached hydrogens (primary N) is 1. The van der Waals surface area contributed by atoms with Gasteiger partial charge in [0, 0.05) is 19.5 Å². The van der Waals surface area contributed by atoms with Crippen LogP contribution in [0.1, 0.15) is 49.7 Å². The molecule has 0 saturated carbocycles. The van der Waals surface area contributed by atoms with Gasteiger partial charge in [-0.15, -0.1) is 0 Å². The summed E-state index contributed by atoms with van der Waals surface area (Å²) in [7, 11) is 0.